The van der Waals surface area contributed by atoms with Crippen LogP contribution in [0.2, 0.25) is 0 Å². The second-order valence-corrected chi connectivity index (χ2v) is 8.23. The van der Waals surface area contributed by atoms with E-state index in [4.69, 9.17) is 0 Å². The van der Waals surface area contributed by atoms with E-state index in [9.17, 15) is 0 Å². The van der Waals surface area contributed by atoms with Crippen LogP contribution in [0.3, 0.4) is 0 Å². The van der Waals surface area contributed by atoms with Gasteiger partial charge in [-0.25, -0.2) is 0 Å². The van der Waals surface area contributed by atoms with E-state index in [-0.39, 0.29) is 0 Å². The van der Waals surface area contributed by atoms with Crippen molar-refractivity contribution in [2.75, 3.05) is 16.8 Å². The first kappa shape index (κ1) is 14.9. The molecule has 1 nitrogen and oxygen atoms in total. The smallest absolute Gasteiger partial charge is 0.0553 e. The number of anilines is 2. The van der Waals surface area contributed by atoms with Gasteiger partial charge in [0.15, 0.2) is 0 Å². The Morgan fingerprint density at radius 2 is 1.45 bits per heavy atom. The van der Waals surface area contributed by atoms with Gasteiger partial charge in [-0.2, -0.15) is 0 Å². The molecule has 1 aliphatic heterocycles. The van der Waals surface area contributed by atoms with Crippen LogP contribution in [0.1, 0.15) is 6.42 Å². The van der Waals surface area contributed by atoms with Crippen LogP contribution in [0.25, 0.3) is 0 Å². The van der Waals surface area contributed by atoms with Gasteiger partial charge in [0.2, 0.25) is 0 Å². The van der Waals surface area contributed by atoms with Crippen LogP contribution < -0.4 is 4.90 Å². The van der Waals surface area contributed by atoms with Crippen molar-refractivity contribution in [2.24, 2.45) is 0 Å². The first-order chi connectivity index (χ1) is 9.69. The number of nitrogens with zero attached hydrogens (tertiary/aromatic N) is 1. The predicted octanol–water partition coefficient (Wildman–Crippen LogP) is 6.60. The Kier molecular flexibility index (Phi) is 4.80. The lowest BCUT2D eigenvalue weighted by Crippen LogP contribution is -2.22. The van der Waals surface area contributed by atoms with Crippen LogP contribution in [0.4, 0.5) is 11.4 Å². The van der Waals surface area contributed by atoms with Crippen molar-refractivity contribution in [2.45, 2.75) is 16.2 Å². The summed E-state index contributed by atoms with van der Waals surface area (Å²) in [7, 11) is 0. The van der Waals surface area contributed by atoms with Gasteiger partial charge in [-0.05, 0) is 42.8 Å². The quantitative estimate of drug-likeness (QED) is 0.458. The number of alkyl halides is 1. The van der Waals surface area contributed by atoms with Gasteiger partial charge in [0.1, 0.15) is 0 Å². The molecule has 0 aromatic heterocycles. The third-order valence-corrected chi connectivity index (χ3v) is 5.80. The van der Waals surface area contributed by atoms with Gasteiger partial charge >= 0.3 is 0 Å². The van der Waals surface area contributed by atoms with Crippen LogP contribution in [0.15, 0.2) is 55.1 Å². The molecule has 0 bridgehead atoms. The minimum Gasteiger partial charge on any atom is -0.340 e. The summed E-state index contributed by atoms with van der Waals surface area (Å²) >= 11 is 12.5. The number of rotatable bonds is 3. The van der Waals surface area contributed by atoms with Crippen molar-refractivity contribution in [3.05, 3.63) is 45.3 Å². The highest BCUT2D eigenvalue weighted by Gasteiger charge is 2.23. The van der Waals surface area contributed by atoms with Gasteiger partial charge in [0.05, 0.1) is 11.4 Å². The Bertz CT molecular complexity index is 594. The topological polar surface area (TPSA) is 3.24 Å². The van der Waals surface area contributed by atoms with Crippen molar-refractivity contribution < 1.29 is 0 Å². The SMILES string of the molecule is BrCCCN1c2ccc(Br)cc2Sc2cc(Br)ccc21. The molecule has 0 fully saturated rings. The van der Waals surface area contributed by atoms with Gasteiger partial charge in [-0.3, -0.25) is 0 Å². The highest BCUT2D eigenvalue weighted by Crippen LogP contribution is 2.49. The minimum atomic E-state index is 1.02. The van der Waals surface area contributed by atoms with E-state index in [1.165, 1.54) is 21.2 Å². The summed E-state index contributed by atoms with van der Waals surface area (Å²) in [4.78, 5) is 5.03. The molecule has 104 valence electrons. The second kappa shape index (κ2) is 6.42. The van der Waals surface area contributed by atoms with Gasteiger partial charge in [0.25, 0.3) is 0 Å². The zero-order valence-corrected chi connectivity index (χ0v) is 16.1. The highest BCUT2D eigenvalue weighted by molar-refractivity contribution is 9.10. The molecule has 1 heterocycles. The Balaban J connectivity index is 2.08. The van der Waals surface area contributed by atoms with Crippen molar-refractivity contribution >= 4 is 70.9 Å². The Labute approximate surface area is 148 Å². The molecule has 0 aliphatic carbocycles. The molecule has 0 radical (unpaired) electrons. The van der Waals surface area contributed by atoms with Crippen LogP contribution in [-0.4, -0.2) is 11.9 Å². The van der Waals surface area contributed by atoms with E-state index in [2.05, 4.69) is 89.1 Å². The van der Waals surface area contributed by atoms with E-state index in [0.717, 1.165) is 27.2 Å². The minimum absolute atomic E-state index is 1.02. The Morgan fingerprint density at radius 3 is 1.95 bits per heavy atom. The summed E-state index contributed by atoms with van der Waals surface area (Å²) in [6.07, 6.45) is 1.12. The number of benzene rings is 2. The lowest BCUT2D eigenvalue weighted by molar-refractivity contribution is 0.876. The summed E-state index contributed by atoms with van der Waals surface area (Å²) in [5, 5.41) is 1.02. The Hall–Kier alpha value is 0.0300. The van der Waals surface area contributed by atoms with Gasteiger partial charge in [-0.1, -0.05) is 59.6 Å². The first-order valence-corrected chi connectivity index (χ1v) is 9.82. The highest BCUT2D eigenvalue weighted by atomic mass is 79.9. The maximum Gasteiger partial charge on any atom is 0.0553 e. The maximum atomic E-state index is 3.57. The molecule has 0 amide bonds. The van der Waals surface area contributed by atoms with Crippen molar-refractivity contribution in [1.29, 1.82) is 0 Å². The molecule has 2 aromatic rings. The van der Waals surface area contributed by atoms with E-state index in [0.29, 0.717) is 0 Å². The van der Waals surface area contributed by atoms with Crippen molar-refractivity contribution in [3.8, 4) is 0 Å². The molecule has 2 aromatic carbocycles. The van der Waals surface area contributed by atoms with Crippen LogP contribution >= 0.6 is 59.6 Å². The molecule has 0 saturated heterocycles. The fourth-order valence-corrected chi connectivity index (χ4v) is 4.74. The van der Waals surface area contributed by atoms with E-state index in [1.807, 2.05) is 11.8 Å². The van der Waals surface area contributed by atoms with Crippen molar-refractivity contribution in [1.82, 2.24) is 0 Å². The largest absolute Gasteiger partial charge is 0.340 e. The molecule has 20 heavy (non-hydrogen) atoms. The molecule has 0 saturated carbocycles. The average molecular weight is 478 g/mol. The van der Waals surface area contributed by atoms with E-state index < -0.39 is 0 Å². The molecule has 5 heteroatoms. The third-order valence-electron chi connectivity index (χ3n) is 3.16. The molecule has 0 N–H and O–H groups in total. The lowest BCUT2D eigenvalue weighted by Gasteiger charge is -2.33. The average Bonchev–Trinajstić information content (AvgIpc) is 2.43. The molecule has 3 rings (SSSR count). The fraction of sp³-hybridized carbons (Fsp3) is 0.200. The molecule has 1 aliphatic rings. The number of hydrogen-bond acceptors (Lipinski definition) is 2. The maximum absolute atomic E-state index is 3.57. The van der Waals surface area contributed by atoms with E-state index >= 15 is 0 Å². The van der Waals surface area contributed by atoms with Crippen molar-refractivity contribution in [3.63, 3.8) is 0 Å². The third kappa shape index (κ3) is 2.96. The van der Waals surface area contributed by atoms with Crippen LogP contribution in [-0.2, 0) is 0 Å². The standard InChI is InChI=1S/C15H12Br3NS/c16-6-1-7-19-12-4-2-10(17)8-14(12)20-15-9-11(18)3-5-13(15)19/h2-5,8-9H,1,6-7H2. The molecular weight excluding hydrogens is 466 g/mol. The normalized spacial score (nSPS) is 13.1. The first-order valence-electron chi connectivity index (χ1n) is 6.29. The van der Waals surface area contributed by atoms with Gasteiger partial charge in [0, 0.05) is 30.6 Å². The second-order valence-electron chi connectivity index (χ2n) is 4.52. The number of halogens is 3. The van der Waals surface area contributed by atoms with E-state index in [1.54, 1.807) is 0 Å². The molecule has 0 spiro atoms. The summed E-state index contributed by atoms with van der Waals surface area (Å²) in [6, 6.07) is 13.0. The predicted molar refractivity (Wildman–Crippen MR) is 97.8 cm³/mol. The molecule has 0 unspecified atom stereocenters. The Morgan fingerprint density at radius 1 is 0.900 bits per heavy atom. The fourth-order valence-electron chi connectivity index (χ4n) is 2.29. The summed E-state index contributed by atoms with van der Waals surface area (Å²) in [5.41, 5.74) is 2.60. The van der Waals surface area contributed by atoms with Crippen LogP contribution in [0.5, 0.6) is 0 Å². The van der Waals surface area contributed by atoms with Gasteiger partial charge < -0.3 is 4.90 Å². The lowest BCUT2D eigenvalue weighted by atomic mass is 10.2. The summed E-state index contributed by atoms with van der Waals surface area (Å²) < 4.78 is 2.25. The summed E-state index contributed by atoms with van der Waals surface area (Å²) in [5.74, 6) is 0. The number of fused-ring (bicyclic) bond motifs is 2. The zero-order chi connectivity index (χ0) is 14.1. The molecule has 0 atom stereocenters. The summed E-state index contributed by atoms with van der Waals surface area (Å²) in [6.45, 7) is 1.02. The van der Waals surface area contributed by atoms with Gasteiger partial charge in [-0.15, -0.1) is 0 Å². The van der Waals surface area contributed by atoms with Crippen LogP contribution in [0, 0.1) is 0 Å². The molecular formula is C15H12Br3NS. The monoisotopic (exact) mass is 475 g/mol. The number of hydrogen-bond donors (Lipinski definition) is 0. The zero-order valence-electron chi connectivity index (χ0n) is 10.6.